The second kappa shape index (κ2) is 6.50. The van der Waals surface area contributed by atoms with Crippen LogP contribution in [0.1, 0.15) is 15.9 Å². The molecule has 1 N–H and O–H groups in total. The van der Waals surface area contributed by atoms with Gasteiger partial charge in [-0.2, -0.15) is 5.10 Å². The van der Waals surface area contributed by atoms with Crippen molar-refractivity contribution in [2.45, 2.75) is 0 Å². The average Bonchev–Trinajstić information content (AvgIpc) is 2.41. The molecule has 1 amide bonds. The summed E-state index contributed by atoms with van der Waals surface area (Å²) in [5.41, 5.74) is 3.08. The van der Waals surface area contributed by atoms with E-state index in [1.807, 2.05) is 0 Å². The van der Waals surface area contributed by atoms with E-state index in [4.69, 9.17) is 23.2 Å². The van der Waals surface area contributed by atoms with Crippen LogP contribution in [0.25, 0.3) is 0 Å². The molecule has 0 aliphatic heterocycles. The first-order valence-electron chi connectivity index (χ1n) is 5.60. The molecule has 6 heteroatoms. The standard InChI is InChI=1S/C14H9Cl2FN2O/c15-11-5-4-10(13(16)7-11)8-18-19-14(20)9-2-1-3-12(17)6-9/h1-8H,(H,19,20)/b18-8-. The minimum Gasteiger partial charge on any atom is -0.267 e. The summed E-state index contributed by atoms with van der Waals surface area (Å²) in [7, 11) is 0. The maximum atomic E-state index is 13.0. The second-order valence-corrected chi connectivity index (χ2v) is 4.72. The second-order valence-electron chi connectivity index (χ2n) is 3.88. The summed E-state index contributed by atoms with van der Waals surface area (Å²) in [5.74, 6) is -0.992. The Bertz CT molecular complexity index is 674. The van der Waals surface area contributed by atoms with Crippen LogP contribution in [0.4, 0.5) is 4.39 Å². The van der Waals surface area contributed by atoms with Crippen LogP contribution >= 0.6 is 23.2 Å². The van der Waals surface area contributed by atoms with E-state index >= 15 is 0 Å². The molecule has 3 nitrogen and oxygen atoms in total. The first-order chi connectivity index (χ1) is 9.56. The monoisotopic (exact) mass is 310 g/mol. The van der Waals surface area contributed by atoms with Crippen LogP contribution in [0.15, 0.2) is 47.6 Å². The number of rotatable bonds is 3. The average molecular weight is 311 g/mol. The van der Waals surface area contributed by atoms with Gasteiger partial charge < -0.3 is 0 Å². The van der Waals surface area contributed by atoms with E-state index in [1.54, 1.807) is 18.2 Å². The van der Waals surface area contributed by atoms with Crippen LogP contribution in [0.2, 0.25) is 10.0 Å². The number of carbonyl (C=O) groups excluding carboxylic acids is 1. The summed E-state index contributed by atoms with van der Waals surface area (Å²) in [5, 5.41) is 4.69. The Balaban J connectivity index is 2.04. The third-order valence-corrected chi connectivity index (χ3v) is 2.98. The summed E-state index contributed by atoms with van der Waals surface area (Å²) >= 11 is 11.7. The van der Waals surface area contributed by atoms with Crippen molar-refractivity contribution in [3.05, 3.63) is 69.5 Å². The highest BCUT2D eigenvalue weighted by molar-refractivity contribution is 6.36. The zero-order valence-corrected chi connectivity index (χ0v) is 11.6. The van der Waals surface area contributed by atoms with Gasteiger partial charge in [-0.25, -0.2) is 9.82 Å². The molecule has 0 bridgehead atoms. The van der Waals surface area contributed by atoms with Crippen molar-refractivity contribution in [3.8, 4) is 0 Å². The highest BCUT2D eigenvalue weighted by Gasteiger charge is 2.04. The number of halogens is 3. The largest absolute Gasteiger partial charge is 0.271 e. The van der Waals surface area contributed by atoms with Crippen LogP contribution in [-0.4, -0.2) is 12.1 Å². The van der Waals surface area contributed by atoms with Crippen LogP contribution in [-0.2, 0) is 0 Å². The fourth-order valence-electron chi connectivity index (χ4n) is 1.46. The number of nitrogens with one attached hydrogen (secondary N) is 1. The lowest BCUT2D eigenvalue weighted by atomic mass is 10.2. The number of benzene rings is 2. The van der Waals surface area contributed by atoms with Crippen molar-refractivity contribution >= 4 is 35.3 Å². The van der Waals surface area contributed by atoms with E-state index in [2.05, 4.69) is 10.5 Å². The smallest absolute Gasteiger partial charge is 0.267 e. The van der Waals surface area contributed by atoms with Crippen molar-refractivity contribution < 1.29 is 9.18 Å². The van der Waals surface area contributed by atoms with Gasteiger partial charge in [0.05, 0.1) is 11.2 Å². The molecule has 0 unspecified atom stereocenters. The van der Waals surface area contributed by atoms with E-state index in [0.29, 0.717) is 15.6 Å². The molecule has 0 radical (unpaired) electrons. The molecule has 0 aliphatic rings. The maximum absolute atomic E-state index is 13.0. The zero-order chi connectivity index (χ0) is 14.5. The van der Waals surface area contributed by atoms with E-state index in [9.17, 15) is 9.18 Å². The Morgan fingerprint density at radius 3 is 2.70 bits per heavy atom. The molecule has 20 heavy (non-hydrogen) atoms. The number of hydrazone groups is 1. The topological polar surface area (TPSA) is 41.5 Å². The van der Waals surface area contributed by atoms with Gasteiger partial charge >= 0.3 is 0 Å². The molecule has 0 aromatic heterocycles. The summed E-state index contributed by atoms with van der Waals surface area (Å²) in [4.78, 5) is 11.7. The van der Waals surface area contributed by atoms with Crippen LogP contribution in [0, 0.1) is 5.82 Å². The van der Waals surface area contributed by atoms with E-state index in [1.165, 1.54) is 24.4 Å². The number of amides is 1. The Morgan fingerprint density at radius 2 is 2.00 bits per heavy atom. The molecule has 0 atom stereocenters. The normalized spacial score (nSPS) is 10.8. The molecular weight excluding hydrogens is 302 g/mol. The molecular formula is C14H9Cl2FN2O. The molecule has 0 saturated carbocycles. The SMILES string of the molecule is O=C(N/N=C\c1ccc(Cl)cc1Cl)c1cccc(F)c1. The Morgan fingerprint density at radius 1 is 1.20 bits per heavy atom. The number of carbonyl (C=O) groups is 1. The molecule has 0 heterocycles. The molecule has 0 aliphatic carbocycles. The zero-order valence-electron chi connectivity index (χ0n) is 10.1. The van der Waals surface area contributed by atoms with Gasteiger partial charge in [-0.15, -0.1) is 0 Å². The van der Waals surface area contributed by atoms with Crippen LogP contribution in [0.3, 0.4) is 0 Å². The van der Waals surface area contributed by atoms with E-state index < -0.39 is 11.7 Å². The first kappa shape index (κ1) is 14.5. The highest BCUT2D eigenvalue weighted by Crippen LogP contribution is 2.19. The van der Waals surface area contributed by atoms with Gasteiger partial charge in [-0.3, -0.25) is 4.79 Å². The van der Waals surface area contributed by atoms with Gasteiger partial charge in [0, 0.05) is 16.1 Å². The van der Waals surface area contributed by atoms with Gasteiger partial charge in [0.2, 0.25) is 0 Å². The maximum Gasteiger partial charge on any atom is 0.271 e. The Labute approximate surface area is 125 Å². The Hall–Kier alpha value is -1.91. The quantitative estimate of drug-likeness (QED) is 0.678. The van der Waals surface area contributed by atoms with Gasteiger partial charge in [0.15, 0.2) is 0 Å². The lowest BCUT2D eigenvalue weighted by Crippen LogP contribution is -2.17. The summed E-state index contributed by atoms with van der Waals surface area (Å²) in [6.45, 7) is 0. The molecule has 102 valence electrons. The third-order valence-electron chi connectivity index (χ3n) is 2.42. The highest BCUT2D eigenvalue weighted by atomic mass is 35.5. The van der Waals surface area contributed by atoms with Gasteiger partial charge in [0.25, 0.3) is 5.91 Å². The number of hydrogen-bond acceptors (Lipinski definition) is 2. The number of hydrogen-bond donors (Lipinski definition) is 1. The first-order valence-corrected chi connectivity index (χ1v) is 6.36. The predicted molar refractivity (Wildman–Crippen MR) is 77.9 cm³/mol. The summed E-state index contributed by atoms with van der Waals surface area (Å²) in [6.07, 6.45) is 1.38. The molecule has 0 fully saturated rings. The van der Waals surface area contributed by atoms with Gasteiger partial charge in [0.1, 0.15) is 5.82 Å². The molecule has 0 spiro atoms. The van der Waals surface area contributed by atoms with Crippen molar-refractivity contribution in [2.24, 2.45) is 5.10 Å². The van der Waals surface area contributed by atoms with E-state index in [-0.39, 0.29) is 5.56 Å². The van der Waals surface area contributed by atoms with Crippen LogP contribution < -0.4 is 5.43 Å². The summed E-state index contributed by atoms with van der Waals surface area (Å²) < 4.78 is 13.0. The molecule has 2 aromatic carbocycles. The third kappa shape index (κ3) is 3.79. The van der Waals surface area contributed by atoms with Crippen molar-refractivity contribution in [3.63, 3.8) is 0 Å². The fraction of sp³-hybridized carbons (Fsp3) is 0. The lowest BCUT2D eigenvalue weighted by molar-refractivity contribution is 0.0954. The van der Waals surface area contributed by atoms with Crippen LogP contribution in [0.5, 0.6) is 0 Å². The minimum atomic E-state index is -0.508. The van der Waals surface area contributed by atoms with Crippen molar-refractivity contribution in [1.29, 1.82) is 0 Å². The molecule has 2 aromatic rings. The number of nitrogens with zero attached hydrogens (tertiary/aromatic N) is 1. The lowest BCUT2D eigenvalue weighted by Gasteiger charge is -2.01. The fourth-order valence-corrected chi connectivity index (χ4v) is 1.92. The van der Waals surface area contributed by atoms with E-state index in [0.717, 1.165) is 6.07 Å². The minimum absolute atomic E-state index is 0.185. The molecule has 0 saturated heterocycles. The van der Waals surface area contributed by atoms with Gasteiger partial charge in [-0.1, -0.05) is 35.3 Å². The van der Waals surface area contributed by atoms with Gasteiger partial charge in [-0.05, 0) is 30.3 Å². The Kier molecular flexibility index (Phi) is 4.71. The molecule has 2 rings (SSSR count). The van der Waals surface area contributed by atoms with Crippen molar-refractivity contribution in [2.75, 3.05) is 0 Å². The predicted octanol–water partition coefficient (Wildman–Crippen LogP) is 3.90. The van der Waals surface area contributed by atoms with Crippen molar-refractivity contribution in [1.82, 2.24) is 5.43 Å². The summed E-state index contributed by atoms with van der Waals surface area (Å²) in [6, 6.07) is 10.2.